The molecule has 0 saturated heterocycles. The number of unbranched alkanes of at least 4 members (excludes halogenated alkanes) is 8. The molecule has 2 unspecified atom stereocenters. The second-order valence-electron chi connectivity index (χ2n) is 6.30. The van der Waals surface area contributed by atoms with E-state index in [0.717, 1.165) is 19.3 Å². The van der Waals surface area contributed by atoms with Crippen molar-refractivity contribution >= 4 is 13.8 Å². The summed E-state index contributed by atoms with van der Waals surface area (Å²) in [5, 5.41) is 9.60. The van der Waals surface area contributed by atoms with Gasteiger partial charge in [-0.2, -0.15) is 0 Å². The van der Waals surface area contributed by atoms with Gasteiger partial charge >= 0.3 is 13.8 Å². The van der Waals surface area contributed by atoms with Gasteiger partial charge in [-0.1, -0.05) is 58.3 Å². The molecule has 8 nitrogen and oxygen atoms in total. The number of phosphoric acid groups is 1. The van der Waals surface area contributed by atoms with Gasteiger partial charge in [-0.05, 0) is 6.42 Å². The number of aliphatic hydroxyl groups excluding tert-OH is 1. The van der Waals surface area contributed by atoms with E-state index < -0.39 is 26.5 Å². The summed E-state index contributed by atoms with van der Waals surface area (Å²) in [7, 11) is -4.23. The van der Waals surface area contributed by atoms with E-state index in [1.165, 1.54) is 38.5 Å². The summed E-state index contributed by atoms with van der Waals surface area (Å²) in [6, 6.07) is 0. The van der Waals surface area contributed by atoms with Crippen LogP contribution >= 0.6 is 7.82 Å². The summed E-state index contributed by atoms with van der Waals surface area (Å²) in [4.78, 5) is 20.8. The molecule has 0 radical (unpaired) electrons. The Labute approximate surface area is 157 Å². The summed E-state index contributed by atoms with van der Waals surface area (Å²) < 4.78 is 25.4. The molecule has 0 aliphatic carbocycles. The van der Waals surface area contributed by atoms with Crippen LogP contribution in [0.4, 0.5) is 0 Å². The average molecular weight is 397 g/mol. The molecular formula is C17H36NO7P. The Morgan fingerprint density at radius 1 is 1.00 bits per heavy atom. The van der Waals surface area contributed by atoms with Crippen LogP contribution in [0.15, 0.2) is 0 Å². The first-order valence-corrected chi connectivity index (χ1v) is 11.1. The first-order chi connectivity index (χ1) is 12.4. The fourth-order valence-corrected chi connectivity index (χ4v) is 3.05. The van der Waals surface area contributed by atoms with Crippen molar-refractivity contribution in [3.8, 4) is 0 Å². The predicted octanol–water partition coefficient (Wildman–Crippen LogP) is 2.90. The van der Waals surface area contributed by atoms with Gasteiger partial charge in [-0.15, -0.1) is 0 Å². The molecule has 156 valence electrons. The van der Waals surface area contributed by atoms with Crippen LogP contribution in [0.1, 0.15) is 71.1 Å². The highest BCUT2D eigenvalue weighted by Crippen LogP contribution is 2.42. The van der Waals surface area contributed by atoms with E-state index in [9.17, 15) is 19.4 Å². The molecule has 26 heavy (non-hydrogen) atoms. The summed E-state index contributed by atoms with van der Waals surface area (Å²) in [5.41, 5.74) is 5.14. The van der Waals surface area contributed by atoms with Gasteiger partial charge in [0.1, 0.15) is 12.7 Å². The van der Waals surface area contributed by atoms with E-state index in [2.05, 4.69) is 16.0 Å². The second kappa shape index (κ2) is 16.7. The standard InChI is InChI=1S/C17H36NO7P/c1-2-3-4-5-6-7-8-9-10-11-17(20)23-14-16(19)15-25-26(21,22)24-13-12-18/h16,19H,2-15,18H2,1H3,(H,21,22). The Morgan fingerprint density at radius 2 is 1.58 bits per heavy atom. The Morgan fingerprint density at radius 3 is 2.15 bits per heavy atom. The number of carbonyl (C=O) groups is 1. The molecule has 0 aliphatic rings. The van der Waals surface area contributed by atoms with Crippen molar-refractivity contribution in [1.82, 2.24) is 0 Å². The van der Waals surface area contributed by atoms with Crippen molar-refractivity contribution in [1.29, 1.82) is 0 Å². The Hall–Kier alpha value is -0.500. The predicted molar refractivity (Wildman–Crippen MR) is 99.6 cm³/mol. The minimum absolute atomic E-state index is 0.0763. The minimum atomic E-state index is -4.23. The number of phosphoric ester groups is 1. The maximum absolute atomic E-state index is 11.6. The van der Waals surface area contributed by atoms with Crippen LogP contribution in [0, 0.1) is 0 Å². The first kappa shape index (κ1) is 25.5. The van der Waals surface area contributed by atoms with Crippen molar-refractivity contribution in [2.24, 2.45) is 5.73 Å². The molecule has 0 amide bonds. The number of ether oxygens (including phenoxy) is 1. The maximum atomic E-state index is 11.6. The normalized spacial score (nSPS) is 14.8. The Bertz CT molecular complexity index is 395. The minimum Gasteiger partial charge on any atom is -0.463 e. The number of rotatable bonds is 18. The average Bonchev–Trinajstić information content (AvgIpc) is 2.61. The second-order valence-corrected chi connectivity index (χ2v) is 7.75. The Balaban J connectivity index is 3.56. The number of hydrogen-bond acceptors (Lipinski definition) is 7. The van der Waals surface area contributed by atoms with E-state index in [1.807, 2.05) is 0 Å². The third kappa shape index (κ3) is 16.9. The fourth-order valence-electron chi connectivity index (χ4n) is 2.27. The number of aliphatic hydroxyl groups is 1. The monoisotopic (exact) mass is 397 g/mol. The van der Waals surface area contributed by atoms with Crippen molar-refractivity contribution in [3.05, 3.63) is 0 Å². The molecule has 4 N–H and O–H groups in total. The molecule has 0 aliphatic heterocycles. The largest absolute Gasteiger partial charge is 0.472 e. The molecule has 0 saturated carbocycles. The molecule has 0 aromatic carbocycles. The summed E-state index contributed by atoms with van der Waals surface area (Å²) in [6.07, 6.45) is 9.58. The first-order valence-electron chi connectivity index (χ1n) is 9.57. The SMILES string of the molecule is CCCCCCCCCCCC(=O)OCC(O)COP(=O)(O)OCCN. The Kier molecular flexibility index (Phi) is 16.3. The number of carbonyl (C=O) groups excluding carboxylic acids is 1. The van der Waals surface area contributed by atoms with Crippen molar-refractivity contribution < 1.29 is 33.1 Å². The van der Waals surface area contributed by atoms with E-state index in [1.54, 1.807) is 0 Å². The van der Waals surface area contributed by atoms with Crippen molar-refractivity contribution in [3.63, 3.8) is 0 Å². The molecule has 0 aromatic heterocycles. The van der Waals surface area contributed by atoms with Crippen LogP contribution in [-0.2, 0) is 23.1 Å². The smallest absolute Gasteiger partial charge is 0.463 e. The summed E-state index contributed by atoms with van der Waals surface area (Å²) in [6.45, 7) is 1.40. The lowest BCUT2D eigenvalue weighted by molar-refractivity contribution is -0.147. The van der Waals surface area contributed by atoms with Crippen LogP contribution in [-0.4, -0.2) is 48.4 Å². The highest BCUT2D eigenvalue weighted by atomic mass is 31.2. The molecule has 0 fully saturated rings. The van der Waals surface area contributed by atoms with E-state index >= 15 is 0 Å². The lowest BCUT2D eigenvalue weighted by atomic mass is 10.1. The third-order valence-electron chi connectivity index (χ3n) is 3.72. The van der Waals surface area contributed by atoms with Crippen LogP contribution in [0.2, 0.25) is 0 Å². The van der Waals surface area contributed by atoms with Crippen molar-refractivity contribution in [2.75, 3.05) is 26.4 Å². The topological polar surface area (TPSA) is 128 Å². The number of nitrogens with two attached hydrogens (primary N) is 1. The van der Waals surface area contributed by atoms with Crippen molar-refractivity contribution in [2.45, 2.75) is 77.2 Å². The fraction of sp³-hybridized carbons (Fsp3) is 0.941. The van der Waals surface area contributed by atoms with Gasteiger partial charge in [0.25, 0.3) is 0 Å². The lowest BCUT2D eigenvalue weighted by Gasteiger charge is -2.15. The lowest BCUT2D eigenvalue weighted by Crippen LogP contribution is -2.23. The third-order valence-corrected chi connectivity index (χ3v) is 4.71. The number of hydrogen-bond donors (Lipinski definition) is 3. The summed E-state index contributed by atoms with van der Waals surface area (Å²) in [5.74, 6) is -0.390. The van der Waals surface area contributed by atoms with Gasteiger partial charge in [0.15, 0.2) is 0 Å². The van der Waals surface area contributed by atoms with Gasteiger partial charge in [-0.3, -0.25) is 13.8 Å². The van der Waals surface area contributed by atoms with Crippen LogP contribution < -0.4 is 5.73 Å². The molecule has 0 spiro atoms. The van der Waals surface area contributed by atoms with Gasteiger partial charge < -0.3 is 20.5 Å². The molecule has 2 atom stereocenters. The van der Waals surface area contributed by atoms with Gasteiger partial charge in [0, 0.05) is 13.0 Å². The molecular weight excluding hydrogens is 361 g/mol. The van der Waals surface area contributed by atoms with Gasteiger partial charge in [-0.25, -0.2) is 4.57 Å². The van der Waals surface area contributed by atoms with Gasteiger partial charge in [0.2, 0.25) is 0 Å². The molecule has 0 bridgehead atoms. The van der Waals surface area contributed by atoms with Crippen LogP contribution in [0.3, 0.4) is 0 Å². The highest BCUT2D eigenvalue weighted by Gasteiger charge is 2.22. The van der Waals surface area contributed by atoms with Crippen LogP contribution in [0.5, 0.6) is 0 Å². The zero-order valence-electron chi connectivity index (χ0n) is 15.9. The van der Waals surface area contributed by atoms with E-state index in [-0.39, 0.29) is 19.8 Å². The van der Waals surface area contributed by atoms with E-state index in [4.69, 9.17) is 10.5 Å². The molecule has 0 aromatic rings. The van der Waals surface area contributed by atoms with E-state index in [0.29, 0.717) is 6.42 Å². The maximum Gasteiger partial charge on any atom is 0.472 e. The zero-order chi connectivity index (χ0) is 19.7. The quantitative estimate of drug-likeness (QED) is 0.183. The van der Waals surface area contributed by atoms with Gasteiger partial charge in [0.05, 0.1) is 13.2 Å². The summed E-state index contributed by atoms with van der Waals surface area (Å²) >= 11 is 0. The van der Waals surface area contributed by atoms with Crippen LogP contribution in [0.25, 0.3) is 0 Å². The molecule has 0 rings (SSSR count). The molecule has 0 heterocycles. The highest BCUT2D eigenvalue weighted by molar-refractivity contribution is 7.47. The molecule has 9 heteroatoms. The number of esters is 1. The zero-order valence-corrected chi connectivity index (χ0v) is 16.8.